The topological polar surface area (TPSA) is 98.6 Å². The predicted molar refractivity (Wildman–Crippen MR) is 74.9 cm³/mol. The van der Waals surface area contributed by atoms with Gasteiger partial charge in [-0.15, -0.1) is 0 Å². The van der Waals surface area contributed by atoms with E-state index in [1.807, 2.05) is 0 Å². The molecule has 2 aromatic heterocycles. The van der Waals surface area contributed by atoms with E-state index >= 15 is 0 Å². The van der Waals surface area contributed by atoms with Gasteiger partial charge in [-0.05, 0) is 31.5 Å². The second-order valence-electron chi connectivity index (χ2n) is 4.59. The van der Waals surface area contributed by atoms with Gasteiger partial charge < -0.3 is 18.9 Å². The van der Waals surface area contributed by atoms with E-state index in [0.29, 0.717) is 16.8 Å². The van der Waals surface area contributed by atoms with Crippen molar-refractivity contribution in [2.24, 2.45) is 0 Å². The molecule has 0 spiro atoms. The molecule has 0 bridgehead atoms. The van der Waals surface area contributed by atoms with Crippen LogP contribution in [0.3, 0.4) is 0 Å². The maximum atomic E-state index is 12.1. The number of carbonyl (C=O) groups excluding carboxylic acids is 3. The van der Waals surface area contributed by atoms with E-state index in [4.69, 9.17) is 9.15 Å². The summed E-state index contributed by atoms with van der Waals surface area (Å²) in [6, 6.07) is 2.98. The number of aryl methyl sites for hydroxylation is 1. The van der Waals surface area contributed by atoms with Crippen molar-refractivity contribution in [2.75, 3.05) is 13.7 Å². The first-order valence-electron chi connectivity index (χ1n) is 6.47. The van der Waals surface area contributed by atoms with Gasteiger partial charge in [-0.3, -0.25) is 4.79 Å². The fourth-order valence-corrected chi connectivity index (χ4v) is 2.11. The number of aromatic nitrogens is 1. The van der Waals surface area contributed by atoms with E-state index < -0.39 is 24.3 Å². The van der Waals surface area contributed by atoms with E-state index in [9.17, 15) is 14.4 Å². The monoisotopic (exact) mass is 305 g/mol. The quantitative estimate of drug-likeness (QED) is 0.670. The van der Waals surface area contributed by atoms with Gasteiger partial charge in [0, 0.05) is 5.69 Å². The molecule has 0 atom stereocenters. The molecule has 7 nitrogen and oxygen atoms in total. The Balaban J connectivity index is 2.10. The van der Waals surface area contributed by atoms with Crippen LogP contribution in [0.15, 0.2) is 22.8 Å². The van der Waals surface area contributed by atoms with Crippen molar-refractivity contribution in [1.29, 1.82) is 0 Å². The molecule has 1 N–H and O–H groups in total. The van der Waals surface area contributed by atoms with Crippen LogP contribution < -0.4 is 0 Å². The number of hydrogen-bond acceptors (Lipinski definition) is 6. The Kier molecular flexibility index (Phi) is 4.45. The van der Waals surface area contributed by atoms with Crippen molar-refractivity contribution in [3.63, 3.8) is 0 Å². The molecule has 22 heavy (non-hydrogen) atoms. The van der Waals surface area contributed by atoms with Crippen LogP contribution in [0, 0.1) is 13.8 Å². The highest BCUT2D eigenvalue weighted by Gasteiger charge is 2.23. The van der Waals surface area contributed by atoms with Crippen LogP contribution in [-0.4, -0.2) is 36.4 Å². The minimum absolute atomic E-state index is 0.0161. The number of rotatable bonds is 5. The zero-order chi connectivity index (χ0) is 16.3. The third-order valence-corrected chi connectivity index (χ3v) is 3.16. The van der Waals surface area contributed by atoms with Crippen molar-refractivity contribution in [3.05, 3.63) is 46.7 Å². The molecule has 2 rings (SSSR count). The Labute approximate surface area is 126 Å². The van der Waals surface area contributed by atoms with Gasteiger partial charge in [0.05, 0.1) is 24.6 Å². The summed E-state index contributed by atoms with van der Waals surface area (Å²) >= 11 is 0. The Morgan fingerprint density at radius 1 is 1.23 bits per heavy atom. The van der Waals surface area contributed by atoms with Crippen LogP contribution in [0.1, 0.15) is 42.7 Å². The molecule has 0 unspecified atom stereocenters. The lowest BCUT2D eigenvalue weighted by Crippen LogP contribution is -2.15. The number of aromatic amines is 1. The highest BCUT2D eigenvalue weighted by atomic mass is 16.5. The van der Waals surface area contributed by atoms with Gasteiger partial charge >= 0.3 is 11.9 Å². The second-order valence-corrected chi connectivity index (χ2v) is 4.59. The third-order valence-electron chi connectivity index (χ3n) is 3.16. The number of methoxy groups -OCH3 is 1. The zero-order valence-corrected chi connectivity index (χ0v) is 12.4. The van der Waals surface area contributed by atoms with Crippen molar-refractivity contribution in [1.82, 2.24) is 4.98 Å². The summed E-state index contributed by atoms with van der Waals surface area (Å²) in [5.74, 6) is -1.69. The van der Waals surface area contributed by atoms with E-state index in [0.717, 1.165) is 0 Å². The lowest BCUT2D eigenvalue weighted by atomic mass is 10.1. The highest BCUT2D eigenvalue weighted by molar-refractivity contribution is 6.02. The lowest BCUT2D eigenvalue weighted by Gasteiger charge is -2.03. The molecular weight excluding hydrogens is 290 g/mol. The highest BCUT2D eigenvalue weighted by Crippen LogP contribution is 2.19. The van der Waals surface area contributed by atoms with Crippen LogP contribution in [0.25, 0.3) is 0 Å². The molecule has 0 saturated carbocycles. The normalized spacial score (nSPS) is 10.3. The van der Waals surface area contributed by atoms with E-state index in [-0.39, 0.29) is 11.5 Å². The number of ether oxygens (including phenoxy) is 2. The van der Waals surface area contributed by atoms with Gasteiger partial charge in [-0.25, -0.2) is 9.59 Å². The molecule has 0 saturated heterocycles. The van der Waals surface area contributed by atoms with E-state index in [1.165, 1.54) is 19.4 Å². The maximum absolute atomic E-state index is 12.1. The van der Waals surface area contributed by atoms with E-state index in [1.54, 1.807) is 19.9 Å². The Morgan fingerprint density at radius 3 is 2.55 bits per heavy atom. The Morgan fingerprint density at radius 2 is 1.95 bits per heavy atom. The van der Waals surface area contributed by atoms with Crippen LogP contribution in [0.2, 0.25) is 0 Å². The summed E-state index contributed by atoms with van der Waals surface area (Å²) in [5, 5.41) is 0. The number of carbonyl (C=O) groups is 3. The SMILES string of the molecule is COC(=O)c1c(C)[nH]c(C(=O)COC(=O)c2ccco2)c1C. The molecule has 0 aliphatic rings. The number of nitrogens with one attached hydrogen (secondary N) is 1. The van der Waals surface area contributed by atoms with Gasteiger partial charge in [-0.2, -0.15) is 0 Å². The smallest absolute Gasteiger partial charge is 0.374 e. The van der Waals surface area contributed by atoms with Crippen molar-refractivity contribution in [3.8, 4) is 0 Å². The Bertz CT molecular complexity index is 711. The summed E-state index contributed by atoms with van der Waals surface area (Å²) in [6.45, 7) is 2.82. The van der Waals surface area contributed by atoms with Gasteiger partial charge in [0.25, 0.3) is 0 Å². The maximum Gasteiger partial charge on any atom is 0.374 e. The largest absolute Gasteiger partial charge is 0.465 e. The molecule has 0 amide bonds. The second kappa shape index (κ2) is 6.30. The van der Waals surface area contributed by atoms with Crippen LogP contribution >= 0.6 is 0 Å². The summed E-state index contributed by atoms with van der Waals surface area (Å²) in [5.41, 5.74) is 1.50. The van der Waals surface area contributed by atoms with Crippen molar-refractivity contribution >= 4 is 17.7 Å². The molecular formula is C15H15NO6. The zero-order valence-electron chi connectivity index (χ0n) is 12.4. The van der Waals surface area contributed by atoms with Crippen molar-refractivity contribution in [2.45, 2.75) is 13.8 Å². The molecule has 0 radical (unpaired) electrons. The van der Waals surface area contributed by atoms with E-state index in [2.05, 4.69) is 9.72 Å². The van der Waals surface area contributed by atoms with Gasteiger partial charge in [0.1, 0.15) is 0 Å². The van der Waals surface area contributed by atoms with Crippen LogP contribution in [0.5, 0.6) is 0 Å². The number of esters is 2. The summed E-state index contributed by atoms with van der Waals surface area (Å²) in [7, 11) is 1.26. The average Bonchev–Trinajstić information content (AvgIpc) is 3.12. The first-order chi connectivity index (χ1) is 10.5. The minimum atomic E-state index is -0.729. The lowest BCUT2D eigenvalue weighted by molar-refractivity contribution is 0.0442. The fourth-order valence-electron chi connectivity index (χ4n) is 2.11. The molecule has 116 valence electrons. The number of hydrogen-bond donors (Lipinski definition) is 1. The minimum Gasteiger partial charge on any atom is -0.465 e. The van der Waals surface area contributed by atoms with Gasteiger partial charge in [0.2, 0.25) is 11.5 Å². The molecule has 2 heterocycles. The number of ketones is 1. The summed E-state index contributed by atoms with van der Waals surface area (Å²) < 4.78 is 14.4. The summed E-state index contributed by atoms with van der Waals surface area (Å²) in [6.07, 6.45) is 1.33. The van der Waals surface area contributed by atoms with Crippen molar-refractivity contribution < 1.29 is 28.3 Å². The first kappa shape index (κ1) is 15.6. The van der Waals surface area contributed by atoms with Crippen LogP contribution in [0.4, 0.5) is 0 Å². The molecule has 2 aromatic rings. The molecule has 0 fully saturated rings. The van der Waals surface area contributed by atoms with Crippen LogP contribution in [-0.2, 0) is 9.47 Å². The predicted octanol–water partition coefficient (Wildman–Crippen LogP) is 2.05. The Hall–Kier alpha value is -2.83. The first-order valence-corrected chi connectivity index (χ1v) is 6.47. The molecule has 0 aliphatic carbocycles. The summed E-state index contributed by atoms with van der Waals surface area (Å²) in [4.78, 5) is 38.2. The molecule has 0 aromatic carbocycles. The number of H-pyrrole nitrogens is 1. The average molecular weight is 305 g/mol. The van der Waals surface area contributed by atoms with Gasteiger partial charge in [0.15, 0.2) is 6.61 Å². The third kappa shape index (κ3) is 2.93. The molecule has 7 heteroatoms. The fraction of sp³-hybridized carbons (Fsp3) is 0.267. The number of Topliss-reactive ketones (excluding diaryl/α,β-unsaturated/α-hetero) is 1. The van der Waals surface area contributed by atoms with Gasteiger partial charge in [-0.1, -0.05) is 0 Å². The number of furan rings is 1. The standard InChI is InChI=1S/C15H15NO6/c1-8-12(15(19)20-3)9(2)16-13(8)10(17)7-22-14(18)11-5-4-6-21-11/h4-6,16H,7H2,1-3H3. The molecule has 0 aliphatic heterocycles.